The number of carboxylic acids is 1. The molecule has 1 aromatic carbocycles. The molecule has 3 aromatic rings. The maximum Gasteiger partial charge on any atom is 0.419 e. The number of ether oxygens (including phenoxy) is 1. The second-order valence-electron chi connectivity index (χ2n) is 10.9. The van der Waals surface area contributed by atoms with Crippen molar-refractivity contribution < 1.29 is 41.4 Å². The van der Waals surface area contributed by atoms with Gasteiger partial charge in [-0.3, -0.25) is 19.8 Å². The van der Waals surface area contributed by atoms with Gasteiger partial charge in [0.2, 0.25) is 0 Å². The minimum absolute atomic E-state index is 0.0177. The maximum atomic E-state index is 13.8. The van der Waals surface area contributed by atoms with E-state index in [1.807, 2.05) is 4.90 Å². The van der Waals surface area contributed by atoms with Crippen LogP contribution >= 0.6 is 11.3 Å². The molecule has 0 saturated carbocycles. The molecule has 45 heavy (non-hydrogen) atoms. The van der Waals surface area contributed by atoms with Crippen LogP contribution in [0.1, 0.15) is 60.0 Å². The average Bonchev–Trinajstić information content (AvgIpc) is 3.63. The highest BCUT2D eigenvalue weighted by atomic mass is 32.1. The lowest BCUT2D eigenvalue weighted by Crippen LogP contribution is -2.36. The summed E-state index contributed by atoms with van der Waals surface area (Å²) in [5.41, 5.74) is -1.15. The van der Waals surface area contributed by atoms with Gasteiger partial charge in [0, 0.05) is 36.1 Å². The van der Waals surface area contributed by atoms with E-state index in [-0.39, 0.29) is 28.1 Å². The third kappa shape index (κ3) is 7.66. The number of carboxylic acid groups (broad SMARTS) is 1. The number of aliphatic carboxylic acids is 1. The largest absolute Gasteiger partial charge is 0.481 e. The molecule has 0 bridgehead atoms. The summed E-state index contributed by atoms with van der Waals surface area (Å²) in [6, 6.07) is 3.10. The zero-order chi connectivity index (χ0) is 32.3. The lowest BCUT2D eigenvalue weighted by Gasteiger charge is -2.30. The monoisotopic (exact) mass is 654 g/mol. The molecule has 10 nitrogen and oxygen atoms in total. The number of alkyl halides is 5. The van der Waals surface area contributed by atoms with E-state index in [1.54, 1.807) is 0 Å². The number of nitrogens with one attached hydrogen (secondary N) is 1. The minimum atomic E-state index is -4.97. The molecule has 2 aromatic heterocycles. The van der Waals surface area contributed by atoms with Crippen LogP contribution in [-0.2, 0) is 17.5 Å². The molecule has 2 saturated heterocycles. The Morgan fingerprint density at radius 3 is 2.51 bits per heavy atom. The molecule has 1 atom stereocenters. The maximum absolute atomic E-state index is 13.8. The van der Waals surface area contributed by atoms with Crippen molar-refractivity contribution in [2.45, 2.75) is 64.4 Å². The Balaban J connectivity index is 1.39. The van der Waals surface area contributed by atoms with Gasteiger partial charge in [-0.2, -0.15) is 22.0 Å². The molecule has 16 heteroatoms. The van der Waals surface area contributed by atoms with E-state index in [0.29, 0.717) is 43.2 Å². The highest BCUT2D eigenvalue weighted by molar-refractivity contribution is 7.16. The summed E-state index contributed by atoms with van der Waals surface area (Å²) >= 11 is 1.11. The van der Waals surface area contributed by atoms with E-state index in [1.165, 1.54) is 18.5 Å². The first kappa shape index (κ1) is 32.5. The number of hydrogen-bond acceptors (Lipinski definition) is 9. The van der Waals surface area contributed by atoms with E-state index in [0.717, 1.165) is 49.3 Å². The Bertz CT molecular complexity index is 1510. The number of nitrogens with zero attached hydrogens (tertiary/aromatic N) is 5. The number of amides is 1. The standard InChI is InChI=1S/C29H31F5N6O4S/c1-2-18-4-3-9-40(18)15-22-24(17-5-6-21(44-27(30)31)19(12-17)29(32,33)34)37-28(45-22)38-25(41)20-13-36-23(14-35-20)39-10-7-16(8-11-39)26(42)43/h5-6,12-14,16,18,27H,2-4,7-11,15H2,1H3,(H,42,43)(H,37,38,41)/t18-/m1/s1. The number of carbonyl (C=O) groups is 2. The van der Waals surface area contributed by atoms with E-state index in [4.69, 9.17) is 0 Å². The Morgan fingerprint density at radius 2 is 1.89 bits per heavy atom. The molecule has 2 fully saturated rings. The average molecular weight is 655 g/mol. The van der Waals surface area contributed by atoms with Crippen LogP contribution < -0.4 is 15.0 Å². The topological polar surface area (TPSA) is 121 Å². The predicted molar refractivity (Wildman–Crippen MR) is 155 cm³/mol. The summed E-state index contributed by atoms with van der Waals surface area (Å²) in [6.45, 7) is 0.778. The number of hydrogen-bond donors (Lipinski definition) is 2. The van der Waals surface area contributed by atoms with Gasteiger partial charge in [0.1, 0.15) is 17.3 Å². The molecule has 242 valence electrons. The molecule has 0 radical (unpaired) electrons. The fourth-order valence-corrected chi connectivity index (χ4v) is 6.71. The minimum Gasteiger partial charge on any atom is -0.481 e. The second-order valence-corrected chi connectivity index (χ2v) is 11.9. The van der Waals surface area contributed by atoms with Crippen molar-refractivity contribution in [3.8, 4) is 17.0 Å². The molecule has 4 heterocycles. The highest BCUT2D eigenvalue weighted by Gasteiger charge is 2.36. The van der Waals surface area contributed by atoms with Crippen LogP contribution in [0.2, 0.25) is 0 Å². The number of thiazole rings is 1. The van der Waals surface area contributed by atoms with Crippen molar-refractivity contribution in [3.05, 3.63) is 46.7 Å². The van der Waals surface area contributed by atoms with Crippen molar-refractivity contribution in [2.24, 2.45) is 5.92 Å². The number of anilines is 2. The Kier molecular flexibility index (Phi) is 9.82. The molecule has 0 unspecified atom stereocenters. The first-order valence-electron chi connectivity index (χ1n) is 14.4. The van der Waals surface area contributed by atoms with Gasteiger partial charge in [-0.15, -0.1) is 0 Å². The van der Waals surface area contributed by atoms with Gasteiger partial charge >= 0.3 is 18.8 Å². The van der Waals surface area contributed by atoms with Crippen LogP contribution in [0.4, 0.5) is 32.9 Å². The lowest BCUT2D eigenvalue weighted by atomic mass is 9.97. The summed E-state index contributed by atoms with van der Waals surface area (Å²) in [5.74, 6) is -2.36. The second kappa shape index (κ2) is 13.6. The van der Waals surface area contributed by atoms with Crippen LogP contribution in [0.5, 0.6) is 5.75 Å². The summed E-state index contributed by atoms with van der Waals surface area (Å²) in [5, 5.41) is 12.0. The first-order chi connectivity index (χ1) is 21.4. The predicted octanol–water partition coefficient (Wildman–Crippen LogP) is 6.15. The summed E-state index contributed by atoms with van der Waals surface area (Å²) in [7, 11) is 0. The summed E-state index contributed by atoms with van der Waals surface area (Å²) in [6.07, 6.45) is 1.53. The van der Waals surface area contributed by atoms with Gasteiger partial charge < -0.3 is 14.7 Å². The van der Waals surface area contributed by atoms with E-state index < -0.39 is 41.9 Å². The molecule has 5 rings (SSSR count). The number of likely N-dealkylation sites (tertiary alicyclic amines) is 1. The number of piperidine rings is 1. The van der Waals surface area contributed by atoms with Gasteiger partial charge in [0.05, 0.1) is 29.6 Å². The van der Waals surface area contributed by atoms with Crippen molar-refractivity contribution >= 4 is 34.2 Å². The van der Waals surface area contributed by atoms with Crippen molar-refractivity contribution in [1.29, 1.82) is 0 Å². The van der Waals surface area contributed by atoms with Crippen molar-refractivity contribution in [1.82, 2.24) is 19.9 Å². The zero-order valence-corrected chi connectivity index (χ0v) is 25.0. The fraction of sp³-hybridized carbons (Fsp3) is 0.483. The Hall–Kier alpha value is -3.92. The van der Waals surface area contributed by atoms with Crippen molar-refractivity contribution in [3.63, 3.8) is 0 Å². The Labute approximate surface area is 259 Å². The number of halogens is 5. The first-order valence-corrected chi connectivity index (χ1v) is 15.3. The normalized spacial score (nSPS) is 18.0. The molecule has 2 aliphatic rings. The van der Waals surface area contributed by atoms with Crippen LogP contribution in [0.3, 0.4) is 0 Å². The SMILES string of the molecule is CC[C@@H]1CCCN1Cc1sc(NC(=O)c2cnc(N3CCC(C(=O)O)CC3)cn2)nc1-c1ccc(OC(F)F)c(C(F)(F)F)c1. The van der Waals surface area contributed by atoms with Crippen LogP contribution in [0.25, 0.3) is 11.3 Å². The summed E-state index contributed by atoms with van der Waals surface area (Å²) in [4.78, 5) is 42.0. The fourth-order valence-electron chi connectivity index (χ4n) is 5.70. The number of benzene rings is 1. The smallest absolute Gasteiger partial charge is 0.419 e. The molecule has 2 N–H and O–H groups in total. The van der Waals surface area contributed by atoms with Crippen LogP contribution in [-0.4, -0.2) is 69.1 Å². The Morgan fingerprint density at radius 1 is 1.13 bits per heavy atom. The molecule has 0 aliphatic carbocycles. The van der Waals surface area contributed by atoms with E-state index >= 15 is 0 Å². The number of rotatable bonds is 10. The number of carbonyl (C=O) groups excluding carboxylic acids is 1. The molecule has 0 spiro atoms. The van der Waals surface area contributed by atoms with Crippen LogP contribution in [0, 0.1) is 5.92 Å². The van der Waals surface area contributed by atoms with Crippen LogP contribution in [0.15, 0.2) is 30.6 Å². The van der Waals surface area contributed by atoms with Gasteiger partial charge in [0.25, 0.3) is 5.91 Å². The van der Waals surface area contributed by atoms with E-state index in [9.17, 15) is 36.6 Å². The van der Waals surface area contributed by atoms with Gasteiger partial charge in [0.15, 0.2) is 5.13 Å². The third-order valence-electron chi connectivity index (χ3n) is 8.05. The van der Waals surface area contributed by atoms with Gasteiger partial charge in [-0.1, -0.05) is 18.3 Å². The zero-order valence-electron chi connectivity index (χ0n) is 24.2. The highest BCUT2D eigenvalue weighted by Crippen LogP contribution is 2.41. The quantitative estimate of drug-likeness (QED) is 0.248. The molecule has 1 amide bonds. The third-order valence-corrected chi connectivity index (χ3v) is 9.00. The molecular weight excluding hydrogens is 623 g/mol. The van der Waals surface area contributed by atoms with Gasteiger partial charge in [-0.05, 0) is 56.8 Å². The van der Waals surface area contributed by atoms with Crippen molar-refractivity contribution in [2.75, 3.05) is 29.9 Å². The van der Waals surface area contributed by atoms with Gasteiger partial charge in [-0.25, -0.2) is 15.0 Å². The molecular formula is C29H31F5N6O4S. The van der Waals surface area contributed by atoms with E-state index in [2.05, 4.69) is 36.8 Å². The molecule has 2 aliphatic heterocycles. The summed E-state index contributed by atoms with van der Waals surface area (Å²) < 4.78 is 71.3. The number of aromatic nitrogens is 3. The lowest BCUT2D eigenvalue weighted by molar-refractivity contribution is -0.143.